The molecule has 4 atom stereocenters. The molecule has 332 valence electrons. The van der Waals surface area contributed by atoms with E-state index in [2.05, 4.69) is 116 Å². The van der Waals surface area contributed by atoms with Gasteiger partial charge in [-0.1, -0.05) is 138 Å². The first kappa shape index (κ1) is 47.0. The number of aromatic nitrogens is 1. The van der Waals surface area contributed by atoms with Crippen molar-refractivity contribution in [2.45, 2.75) is 116 Å². The molecule has 2 amide bonds. The fraction of sp³-hybridized carbons (Fsp3) is 0.500. The molecule has 0 radical (unpaired) electrons. The smallest absolute Gasteiger partial charge is 0.261 e. The Morgan fingerprint density at radius 1 is 0.871 bits per heavy atom. The lowest BCUT2D eigenvalue weighted by Gasteiger charge is -2.44. The van der Waals surface area contributed by atoms with Gasteiger partial charge in [0.25, 0.3) is 8.32 Å². The minimum absolute atomic E-state index is 0.139. The van der Waals surface area contributed by atoms with Gasteiger partial charge in [0.1, 0.15) is 20.0 Å². The molecule has 1 unspecified atom stereocenters. The number of rotatable bonds is 14. The number of carbonyl (C=O) groups is 2. The maximum absolute atomic E-state index is 15.2. The van der Waals surface area contributed by atoms with Crippen molar-refractivity contribution in [1.29, 1.82) is 0 Å². The van der Waals surface area contributed by atoms with Crippen LogP contribution in [-0.4, -0.2) is 90.6 Å². The van der Waals surface area contributed by atoms with Crippen molar-refractivity contribution < 1.29 is 28.0 Å². The highest BCUT2D eigenvalue weighted by atomic mass is 28.4. The Labute approximate surface area is 372 Å². The Morgan fingerprint density at radius 2 is 1.45 bits per heavy atom. The number of nitrogens with zero attached hydrogens (tertiary/aromatic N) is 3. The highest BCUT2D eigenvalue weighted by molar-refractivity contribution is 6.99. The first-order valence-electron chi connectivity index (χ1n) is 22.3. The Kier molecular flexibility index (Phi) is 15.1. The maximum atomic E-state index is 15.2. The van der Waals surface area contributed by atoms with Gasteiger partial charge in [0.15, 0.2) is 17.9 Å². The van der Waals surface area contributed by atoms with Crippen molar-refractivity contribution in [2.75, 3.05) is 38.8 Å². The van der Waals surface area contributed by atoms with E-state index in [1.807, 2.05) is 63.2 Å². The normalized spacial score (nSPS) is 18.7. The van der Waals surface area contributed by atoms with Crippen LogP contribution in [0, 0.1) is 23.3 Å². The number of methoxy groups -OCH3 is 2. The van der Waals surface area contributed by atoms with Crippen LogP contribution in [-0.2, 0) is 23.5 Å². The fourth-order valence-corrected chi connectivity index (χ4v) is 14.4. The Balaban J connectivity index is 1.31. The molecule has 0 bridgehead atoms. The third kappa shape index (κ3) is 10.6. The van der Waals surface area contributed by atoms with Crippen molar-refractivity contribution in [3.05, 3.63) is 108 Å². The number of nitrogens with one attached hydrogen (secondary N) is 1. The summed E-state index contributed by atoms with van der Waals surface area (Å²) in [5.41, 5.74) is 5.35. The molecule has 2 aliphatic rings. The number of amides is 2. The van der Waals surface area contributed by atoms with Crippen molar-refractivity contribution in [3.8, 4) is 11.5 Å². The maximum Gasteiger partial charge on any atom is 0.261 e. The summed E-state index contributed by atoms with van der Waals surface area (Å²) in [7, 11) is -1.20. The molecule has 4 aromatic rings. The number of piperidine rings is 1. The minimum atomic E-state index is -3.03. The molecule has 3 aromatic carbocycles. The number of hydrogen-bond acceptors (Lipinski definition) is 8. The third-order valence-electron chi connectivity index (χ3n) is 12.4. The molecule has 2 aliphatic heterocycles. The molecule has 0 aliphatic carbocycles. The van der Waals surface area contributed by atoms with Crippen LogP contribution in [0.2, 0.25) is 24.7 Å². The van der Waals surface area contributed by atoms with Crippen LogP contribution in [0.3, 0.4) is 0 Å². The van der Waals surface area contributed by atoms with Gasteiger partial charge in [-0.3, -0.25) is 9.59 Å². The van der Waals surface area contributed by atoms with Gasteiger partial charge in [0.05, 0.1) is 12.1 Å². The van der Waals surface area contributed by atoms with E-state index < -0.39 is 34.5 Å². The van der Waals surface area contributed by atoms with Gasteiger partial charge in [-0.25, -0.2) is 0 Å². The molecule has 12 heteroatoms. The van der Waals surface area contributed by atoms with Crippen LogP contribution in [0.25, 0.3) is 0 Å². The zero-order valence-corrected chi connectivity index (χ0v) is 40.7. The Bertz CT molecular complexity index is 2100. The van der Waals surface area contributed by atoms with E-state index in [1.165, 1.54) is 0 Å². The highest BCUT2D eigenvalue weighted by Crippen LogP contribution is 2.40. The van der Waals surface area contributed by atoms with Crippen LogP contribution in [0.1, 0.15) is 89.7 Å². The zero-order chi connectivity index (χ0) is 44.8. The summed E-state index contributed by atoms with van der Waals surface area (Å²) in [6.45, 7) is 21.2. The summed E-state index contributed by atoms with van der Waals surface area (Å²) in [6.07, 6.45) is 1.46. The number of anilines is 1. The van der Waals surface area contributed by atoms with Gasteiger partial charge in [-0.15, -0.1) is 5.54 Å². The van der Waals surface area contributed by atoms with E-state index >= 15 is 4.79 Å². The van der Waals surface area contributed by atoms with Gasteiger partial charge in [0.2, 0.25) is 11.8 Å². The van der Waals surface area contributed by atoms with E-state index in [0.717, 1.165) is 47.4 Å². The Morgan fingerprint density at radius 3 is 1.97 bits per heavy atom. The van der Waals surface area contributed by atoms with Crippen LogP contribution < -0.4 is 20.6 Å². The quantitative estimate of drug-likeness (QED) is 0.0775. The Hall–Kier alpha value is -4.52. The summed E-state index contributed by atoms with van der Waals surface area (Å²) < 4.78 is 24.8. The molecule has 0 saturated carbocycles. The number of carbonyl (C=O) groups excluding carboxylic acids is 2. The second-order valence-corrected chi connectivity index (χ2v) is 28.5. The van der Waals surface area contributed by atoms with E-state index in [4.69, 9.17) is 18.4 Å². The molecule has 62 heavy (non-hydrogen) atoms. The first-order chi connectivity index (χ1) is 29.4. The van der Waals surface area contributed by atoms with Crippen LogP contribution >= 0.6 is 0 Å². The molecule has 0 spiro atoms. The fourth-order valence-electron chi connectivity index (χ4n) is 9.19. The molecule has 6 rings (SSSR count). The number of hydrogen-bond donors (Lipinski definition) is 1. The average molecular weight is 877 g/mol. The van der Waals surface area contributed by atoms with Gasteiger partial charge in [0, 0.05) is 57.8 Å². The standard InChI is InChI=1S/C50H68N4O6Si2/c1-35(2)46(44-33-45(52-59-44)53-29-26-39(27-30-53)49(57-7)58-8)48(56)54-34-40(60-62(50(4,5)6,41-18-14-12-15-19-41)42-20-16-13-17-21-42)32-43(54)47(55)51-36(3)38-24-22-37(23-25-38)28-31-61(9,10)11/h12-25,33,35-36,39-40,43,46,49H,26-27,29-30,32,34H2,1-11H3,(H,51,55)/t36-,40+,43-,46?/m0/s1. The molecular formula is C50H68N4O6Si2. The summed E-state index contributed by atoms with van der Waals surface area (Å²) in [5, 5.41) is 9.78. The largest absolute Gasteiger partial charge is 0.403 e. The lowest BCUT2D eigenvalue weighted by atomic mass is 9.91. The van der Waals surface area contributed by atoms with Crippen molar-refractivity contribution in [3.63, 3.8) is 0 Å². The molecule has 3 heterocycles. The minimum Gasteiger partial charge on any atom is -0.403 e. The SMILES string of the molecule is COC(OC)C1CCN(c2cc(C(C(=O)N3C[C@H](O[Si](c4ccccc4)(c4ccccc4)C(C)(C)C)C[C@H]3C(=O)N[C@@H](C)c3ccc(C#C[Si](C)(C)C)cc3)C(C)C)on2)CC1. The number of likely N-dealkylation sites (tertiary alicyclic amines) is 1. The number of ether oxygens (including phenoxy) is 2. The second kappa shape index (κ2) is 19.9. The van der Waals surface area contributed by atoms with E-state index in [1.54, 1.807) is 19.1 Å². The van der Waals surface area contributed by atoms with Gasteiger partial charge in [-0.2, -0.15) is 0 Å². The summed E-state index contributed by atoms with van der Waals surface area (Å²) in [4.78, 5) is 33.9. The lowest BCUT2D eigenvalue weighted by molar-refractivity contribution is -0.141. The van der Waals surface area contributed by atoms with Crippen LogP contribution in [0.5, 0.6) is 0 Å². The van der Waals surface area contributed by atoms with Crippen LogP contribution in [0.4, 0.5) is 5.82 Å². The van der Waals surface area contributed by atoms with E-state index in [9.17, 15) is 4.79 Å². The number of benzene rings is 3. The van der Waals surface area contributed by atoms with Gasteiger partial charge in [-0.05, 0) is 58.8 Å². The molecule has 1 N–H and O–H groups in total. The molecule has 2 fully saturated rings. The summed E-state index contributed by atoms with van der Waals surface area (Å²) in [6, 6.07) is 29.9. The molecular weight excluding hydrogens is 809 g/mol. The summed E-state index contributed by atoms with van der Waals surface area (Å²) >= 11 is 0. The lowest BCUT2D eigenvalue weighted by Crippen LogP contribution is -2.67. The molecule has 1 aromatic heterocycles. The third-order valence-corrected chi connectivity index (χ3v) is 18.4. The summed E-state index contributed by atoms with van der Waals surface area (Å²) in [5.74, 6) is 3.62. The molecule has 10 nitrogen and oxygen atoms in total. The predicted molar refractivity (Wildman–Crippen MR) is 253 cm³/mol. The molecule has 2 saturated heterocycles. The van der Waals surface area contributed by atoms with Gasteiger partial charge < -0.3 is 33.5 Å². The topological polar surface area (TPSA) is 106 Å². The van der Waals surface area contributed by atoms with Gasteiger partial charge >= 0.3 is 0 Å². The first-order valence-corrected chi connectivity index (χ1v) is 27.7. The monoisotopic (exact) mass is 876 g/mol. The van der Waals surface area contributed by atoms with Crippen LogP contribution in [0.15, 0.2) is 95.5 Å². The average Bonchev–Trinajstić information content (AvgIpc) is 3.91. The highest BCUT2D eigenvalue weighted by Gasteiger charge is 2.54. The van der Waals surface area contributed by atoms with Crippen molar-refractivity contribution in [1.82, 2.24) is 15.4 Å². The van der Waals surface area contributed by atoms with E-state index in [0.29, 0.717) is 18.0 Å². The van der Waals surface area contributed by atoms with Crippen molar-refractivity contribution in [2.24, 2.45) is 11.8 Å². The zero-order valence-electron chi connectivity index (χ0n) is 38.7. The second-order valence-electron chi connectivity index (χ2n) is 19.5. The van der Waals surface area contributed by atoms with E-state index in [-0.39, 0.29) is 47.6 Å². The van der Waals surface area contributed by atoms with Crippen molar-refractivity contribution >= 4 is 44.4 Å². The predicted octanol–water partition coefficient (Wildman–Crippen LogP) is 7.90.